The zero-order valence-corrected chi connectivity index (χ0v) is 9.91. The summed E-state index contributed by atoms with van der Waals surface area (Å²) in [5.41, 5.74) is 0. The molecule has 84 valence electrons. The third-order valence-electron chi connectivity index (χ3n) is 3.33. The number of hydrogen-bond acceptors (Lipinski definition) is 1. The van der Waals surface area contributed by atoms with Crippen molar-refractivity contribution in [3.8, 4) is 0 Å². The molecule has 1 aliphatic rings. The van der Waals surface area contributed by atoms with Crippen molar-refractivity contribution in [2.24, 2.45) is 17.8 Å². The highest BCUT2D eigenvalue weighted by atomic mass is 31.2. The smallest absolute Gasteiger partial charge is 0.324 e. The van der Waals surface area contributed by atoms with Gasteiger partial charge in [-0.1, -0.05) is 13.8 Å². The molecule has 0 heterocycles. The maximum Gasteiger partial charge on any atom is 0.325 e. The first-order chi connectivity index (χ1) is 6.38. The Balaban J connectivity index is 2.33. The van der Waals surface area contributed by atoms with Crippen LogP contribution in [-0.2, 0) is 4.57 Å². The summed E-state index contributed by atoms with van der Waals surface area (Å²) >= 11 is 0. The molecule has 1 rings (SSSR count). The van der Waals surface area contributed by atoms with Crippen molar-refractivity contribution in [3.63, 3.8) is 0 Å². The topological polar surface area (TPSA) is 57.5 Å². The lowest BCUT2D eigenvalue weighted by Gasteiger charge is -2.30. The Bertz CT molecular complexity index is 213. The van der Waals surface area contributed by atoms with Gasteiger partial charge in [0.25, 0.3) is 0 Å². The second-order valence-electron chi connectivity index (χ2n) is 4.87. The molecular weight excluding hydrogens is 199 g/mol. The Morgan fingerprint density at radius 1 is 1.21 bits per heavy atom. The lowest BCUT2D eigenvalue weighted by atomic mass is 9.77. The van der Waals surface area contributed by atoms with E-state index in [1.165, 1.54) is 0 Å². The highest BCUT2D eigenvalue weighted by Crippen LogP contribution is 2.43. The first-order valence-electron chi connectivity index (χ1n) is 5.43. The van der Waals surface area contributed by atoms with Gasteiger partial charge in [-0.25, -0.2) is 0 Å². The van der Waals surface area contributed by atoms with Crippen molar-refractivity contribution in [1.29, 1.82) is 0 Å². The Morgan fingerprint density at radius 2 is 1.71 bits per heavy atom. The summed E-state index contributed by atoms with van der Waals surface area (Å²) in [6.07, 6.45) is 4.37. The van der Waals surface area contributed by atoms with E-state index < -0.39 is 7.60 Å². The van der Waals surface area contributed by atoms with Crippen molar-refractivity contribution >= 4 is 7.60 Å². The summed E-state index contributed by atoms with van der Waals surface area (Å²) < 4.78 is 10.8. The van der Waals surface area contributed by atoms with Gasteiger partial charge in [0.1, 0.15) is 0 Å². The second kappa shape index (κ2) is 4.78. The zero-order valence-electron chi connectivity index (χ0n) is 9.02. The lowest BCUT2D eigenvalue weighted by Crippen LogP contribution is -2.20. The molecule has 14 heavy (non-hydrogen) atoms. The molecule has 0 aliphatic heterocycles. The summed E-state index contributed by atoms with van der Waals surface area (Å²) in [6, 6.07) is 0. The van der Waals surface area contributed by atoms with Gasteiger partial charge in [-0.2, -0.15) is 0 Å². The monoisotopic (exact) mass is 220 g/mol. The molecule has 0 aromatic carbocycles. The fraction of sp³-hybridized carbons (Fsp3) is 1.00. The van der Waals surface area contributed by atoms with Crippen molar-refractivity contribution in [2.45, 2.75) is 39.5 Å². The molecule has 0 spiro atoms. The molecule has 0 saturated heterocycles. The third kappa shape index (κ3) is 4.12. The average Bonchev–Trinajstić information content (AvgIpc) is 2.02. The Hall–Kier alpha value is 0.150. The van der Waals surface area contributed by atoms with E-state index in [-0.39, 0.29) is 12.1 Å². The SMILES string of the molecule is CC(C)C1CCC(CP(=O)(O)O)CC1. The maximum absolute atomic E-state index is 10.8. The van der Waals surface area contributed by atoms with E-state index in [1.807, 2.05) is 0 Å². The van der Waals surface area contributed by atoms with Crippen LogP contribution in [0.25, 0.3) is 0 Å². The Labute approximate surface area is 86.1 Å². The van der Waals surface area contributed by atoms with E-state index in [0.29, 0.717) is 5.92 Å². The van der Waals surface area contributed by atoms with Crippen molar-refractivity contribution < 1.29 is 14.4 Å². The molecule has 1 aliphatic carbocycles. The predicted molar refractivity (Wildman–Crippen MR) is 57.2 cm³/mol. The highest BCUT2D eigenvalue weighted by molar-refractivity contribution is 7.51. The van der Waals surface area contributed by atoms with Crippen molar-refractivity contribution in [2.75, 3.05) is 6.16 Å². The fourth-order valence-electron chi connectivity index (χ4n) is 2.37. The molecule has 1 fully saturated rings. The third-order valence-corrected chi connectivity index (χ3v) is 4.32. The minimum Gasteiger partial charge on any atom is -0.324 e. The second-order valence-corrected chi connectivity index (χ2v) is 6.57. The van der Waals surface area contributed by atoms with Gasteiger partial charge in [-0.3, -0.25) is 4.57 Å². The summed E-state index contributed by atoms with van der Waals surface area (Å²) in [6.45, 7) is 4.46. The molecule has 3 nitrogen and oxygen atoms in total. The summed E-state index contributed by atoms with van der Waals surface area (Å²) in [7, 11) is -3.78. The molecule has 0 atom stereocenters. The summed E-state index contributed by atoms with van der Waals surface area (Å²) in [5, 5.41) is 0. The molecule has 0 aromatic heterocycles. The van der Waals surface area contributed by atoms with Crippen LogP contribution >= 0.6 is 7.60 Å². The maximum atomic E-state index is 10.8. The first kappa shape index (κ1) is 12.2. The quantitative estimate of drug-likeness (QED) is 0.719. The van der Waals surface area contributed by atoms with Gasteiger partial charge < -0.3 is 9.79 Å². The molecule has 0 unspecified atom stereocenters. The van der Waals surface area contributed by atoms with Crippen LogP contribution < -0.4 is 0 Å². The van der Waals surface area contributed by atoms with E-state index in [4.69, 9.17) is 9.79 Å². The summed E-state index contributed by atoms with van der Waals surface area (Å²) in [4.78, 5) is 17.7. The first-order valence-corrected chi connectivity index (χ1v) is 7.23. The van der Waals surface area contributed by atoms with Crippen molar-refractivity contribution in [3.05, 3.63) is 0 Å². The predicted octanol–water partition coefficient (Wildman–Crippen LogP) is 2.63. The molecule has 0 radical (unpaired) electrons. The van der Waals surface area contributed by atoms with Crippen LogP contribution in [0.15, 0.2) is 0 Å². The van der Waals surface area contributed by atoms with Crippen LogP contribution in [0.4, 0.5) is 0 Å². The fourth-order valence-corrected chi connectivity index (χ4v) is 3.41. The van der Waals surface area contributed by atoms with Crippen molar-refractivity contribution in [1.82, 2.24) is 0 Å². The molecule has 4 heteroatoms. The molecule has 0 aromatic rings. The van der Waals surface area contributed by atoms with Crippen LogP contribution in [0.5, 0.6) is 0 Å². The standard InChI is InChI=1S/C10H21O3P/c1-8(2)10-5-3-9(4-6-10)7-14(11,12)13/h8-10H,3-7H2,1-2H3,(H2,11,12,13). The highest BCUT2D eigenvalue weighted by Gasteiger charge is 2.27. The Morgan fingerprint density at radius 3 is 2.07 bits per heavy atom. The van der Waals surface area contributed by atoms with Gasteiger partial charge >= 0.3 is 7.60 Å². The van der Waals surface area contributed by atoms with E-state index >= 15 is 0 Å². The van der Waals surface area contributed by atoms with Crippen LogP contribution in [0.2, 0.25) is 0 Å². The zero-order chi connectivity index (χ0) is 10.8. The molecule has 1 saturated carbocycles. The van der Waals surface area contributed by atoms with E-state index in [0.717, 1.165) is 31.6 Å². The Kier molecular flexibility index (Phi) is 4.17. The van der Waals surface area contributed by atoms with Crippen LogP contribution in [0, 0.1) is 17.8 Å². The largest absolute Gasteiger partial charge is 0.325 e. The normalized spacial score (nSPS) is 29.5. The van der Waals surface area contributed by atoms with E-state index in [1.54, 1.807) is 0 Å². The van der Waals surface area contributed by atoms with Gasteiger partial charge in [0.05, 0.1) is 6.16 Å². The summed E-state index contributed by atoms with van der Waals surface area (Å²) in [5.74, 6) is 1.74. The molecule has 0 amide bonds. The van der Waals surface area contributed by atoms with E-state index in [9.17, 15) is 4.57 Å². The van der Waals surface area contributed by atoms with Crippen LogP contribution in [0.1, 0.15) is 39.5 Å². The van der Waals surface area contributed by atoms with Crippen LogP contribution in [0.3, 0.4) is 0 Å². The average molecular weight is 220 g/mol. The minimum atomic E-state index is -3.78. The van der Waals surface area contributed by atoms with Gasteiger partial charge in [0.15, 0.2) is 0 Å². The minimum absolute atomic E-state index is 0.0951. The number of hydrogen-bond donors (Lipinski definition) is 2. The van der Waals surface area contributed by atoms with Gasteiger partial charge in [0, 0.05) is 0 Å². The van der Waals surface area contributed by atoms with E-state index in [2.05, 4.69) is 13.8 Å². The molecule has 0 bridgehead atoms. The molecular formula is C10H21O3P. The van der Waals surface area contributed by atoms with Gasteiger partial charge in [-0.05, 0) is 43.4 Å². The van der Waals surface area contributed by atoms with Gasteiger partial charge in [0.2, 0.25) is 0 Å². The lowest BCUT2D eigenvalue weighted by molar-refractivity contribution is 0.229. The van der Waals surface area contributed by atoms with Crippen LogP contribution in [-0.4, -0.2) is 15.9 Å². The number of rotatable bonds is 3. The molecule has 2 N–H and O–H groups in total. The van der Waals surface area contributed by atoms with Gasteiger partial charge in [-0.15, -0.1) is 0 Å².